The van der Waals surface area contributed by atoms with Gasteiger partial charge in [-0.3, -0.25) is 0 Å². The van der Waals surface area contributed by atoms with Gasteiger partial charge in [0.15, 0.2) is 0 Å². The first-order chi connectivity index (χ1) is 21.8. The minimum atomic E-state index is -4.79. The second kappa shape index (κ2) is 10.0. The van der Waals surface area contributed by atoms with Crippen LogP contribution in [-0.2, 0) is 25.8 Å². The van der Waals surface area contributed by atoms with E-state index in [0.29, 0.717) is 13.2 Å². The summed E-state index contributed by atoms with van der Waals surface area (Å²) in [5.74, 6) is 0.474. The molecular formula is C46H61SiZr. The van der Waals surface area contributed by atoms with E-state index in [0.717, 1.165) is 7.37 Å². The third-order valence-electron chi connectivity index (χ3n) is 12.4. The molecule has 0 radical (unpaired) electrons. The molecule has 2 aliphatic rings. The Balaban J connectivity index is 1.54. The summed E-state index contributed by atoms with van der Waals surface area (Å²) < 4.78 is 12.2. The van der Waals surface area contributed by atoms with E-state index in [9.17, 15) is 0 Å². The van der Waals surface area contributed by atoms with Gasteiger partial charge in [-0.1, -0.05) is 0 Å². The molecule has 0 saturated carbocycles. The van der Waals surface area contributed by atoms with Crippen molar-refractivity contribution >= 4 is 19.5 Å². The number of hydrogen-bond donors (Lipinski definition) is 0. The third kappa shape index (κ3) is 5.68. The van der Waals surface area contributed by atoms with E-state index in [1.165, 1.54) is 44.5 Å². The molecule has 0 spiro atoms. The maximum absolute atomic E-state index is 4.79. The Labute approximate surface area is 289 Å². The van der Waals surface area contributed by atoms with Gasteiger partial charge >= 0.3 is 291 Å². The predicted octanol–water partition coefficient (Wildman–Crippen LogP) is 13.1. The summed E-state index contributed by atoms with van der Waals surface area (Å²) in [4.78, 5) is 0. The van der Waals surface area contributed by atoms with Crippen molar-refractivity contribution in [3.8, 4) is 22.3 Å². The van der Waals surface area contributed by atoms with E-state index in [2.05, 4.69) is 178 Å². The van der Waals surface area contributed by atoms with E-state index < -0.39 is 15.0 Å². The number of allylic oxidation sites excluding steroid dienone is 2. The Hall–Kier alpha value is -2.54. The zero-order valence-corrected chi connectivity index (χ0v) is 36.9. The van der Waals surface area contributed by atoms with Gasteiger partial charge in [0.05, 0.1) is 0 Å². The summed E-state index contributed by atoms with van der Waals surface area (Å²) >= 11 is -4.79. The monoisotopic (exact) mass is 731 g/mol. The molecule has 2 heteroatoms. The van der Waals surface area contributed by atoms with E-state index in [4.69, 9.17) is 0 Å². The molecule has 0 fully saturated rings. The summed E-state index contributed by atoms with van der Waals surface area (Å²) in [6.07, 6.45) is 5.20. The van der Waals surface area contributed by atoms with Gasteiger partial charge in [-0.25, -0.2) is 0 Å². The van der Waals surface area contributed by atoms with Gasteiger partial charge in [0.1, 0.15) is 0 Å². The van der Waals surface area contributed by atoms with Crippen LogP contribution in [0.4, 0.5) is 0 Å². The van der Waals surface area contributed by atoms with Crippen LogP contribution in [0.1, 0.15) is 103 Å². The van der Waals surface area contributed by atoms with Gasteiger partial charge in [0, 0.05) is 0 Å². The molecule has 2 unspecified atom stereocenters. The zero-order valence-electron chi connectivity index (χ0n) is 32.5. The van der Waals surface area contributed by atoms with E-state index in [1.54, 1.807) is 22.3 Å². The normalized spacial score (nSPS) is 20.3. The summed E-state index contributed by atoms with van der Waals surface area (Å²) in [5, 5.41) is 0. The molecule has 0 bridgehead atoms. The van der Waals surface area contributed by atoms with Crippen LogP contribution in [-0.4, -0.2) is 7.37 Å². The van der Waals surface area contributed by atoms with E-state index >= 15 is 0 Å². The van der Waals surface area contributed by atoms with Crippen LogP contribution in [0.25, 0.3) is 34.4 Å². The van der Waals surface area contributed by atoms with Gasteiger partial charge < -0.3 is 0 Å². The molecule has 253 valence electrons. The summed E-state index contributed by atoms with van der Waals surface area (Å²) in [6, 6.07) is 33.1. The van der Waals surface area contributed by atoms with Crippen molar-refractivity contribution in [3.05, 3.63) is 129 Å². The topological polar surface area (TPSA) is 0 Å². The first-order valence-corrected chi connectivity index (χ1v) is 39.5. The van der Waals surface area contributed by atoms with Crippen molar-refractivity contribution in [1.82, 2.24) is 0 Å². The molecule has 4 aromatic carbocycles. The van der Waals surface area contributed by atoms with Gasteiger partial charge in [-0.05, 0) is 0 Å². The third-order valence-corrected chi connectivity index (χ3v) is 38.5. The standard InChI is InChI=1S/C22H25.C20H21.4CH3.H3Si.Zr/c1-15(2)18-13-17-7-6-8-20(21(17)14-18)16-9-11-19(12-10-16)22(3,4)5;1-14-12-16-6-5-7-18(19(16)13-14)15-8-10-17(11-9-15)20(2,3)4;;;;;;/h6-15H,1-5H3;5-13H,1-4H3;5*1H3;. The fourth-order valence-electron chi connectivity index (χ4n) is 10.4. The molecule has 4 aromatic rings. The van der Waals surface area contributed by atoms with Gasteiger partial charge in [0.25, 0.3) is 0 Å². The van der Waals surface area contributed by atoms with Crippen LogP contribution in [0.5, 0.6) is 0 Å². The first kappa shape index (κ1) is 35.3. The average Bonchev–Trinajstić information content (AvgIpc) is 3.56. The summed E-state index contributed by atoms with van der Waals surface area (Å²) in [5.41, 5.74) is 17.7. The van der Waals surface area contributed by atoms with Crippen molar-refractivity contribution in [2.45, 2.75) is 98.9 Å². The predicted molar refractivity (Wildman–Crippen MR) is 216 cm³/mol. The quantitative estimate of drug-likeness (QED) is 0.179. The molecule has 0 amide bonds. The molecule has 48 heavy (non-hydrogen) atoms. The minimum absolute atomic E-state index is 0.145. The van der Waals surface area contributed by atoms with Crippen molar-refractivity contribution < 1.29 is 15.0 Å². The van der Waals surface area contributed by atoms with Crippen molar-refractivity contribution in [1.29, 1.82) is 0 Å². The number of fused-ring (bicyclic) bond motifs is 2. The molecule has 0 aliphatic heterocycles. The number of benzene rings is 4. The number of rotatable bonds is 5. The van der Waals surface area contributed by atoms with Crippen LogP contribution >= 0.6 is 0 Å². The zero-order chi connectivity index (χ0) is 35.4. The van der Waals surface area contributed by atoms with Crippen molar-refractivity contribution in [2.24, 2.45) is 5.92 Å². The Kier molecular flexibility index (Phi) is 7.38. The summed E-state index contributed by atoms with van der Waals surface area (Å²) in [6.45, 7) is 21.1. The summed E-state index contributed by atoms with van der Waals surface area (Å²) in [7, 11) is 1.15. The Bertz CT molecular complexity index is 2010. The van der Waals surface area contributed by atoms with Gasteiger partial charge in [-0.2, -0.15) is 0 Å². The van der Waals surface area contributed by atoms with Crippen molar-refractivity contribution in [3.63, 3.8) is 0 Å². The second-order valence-electron chi connectivity index (χ2n) is 22.9. The molecule has 0 saturated heterocycles. The van der Waals surface area contributed by atoms with E-state index in [-0.39, 0.29) is 10.8 Å². The Morgan fingerprint density at radius 2 is 0.958 bits per heavy atom. The molecule has 2 atom stereocenters. The van der Waals surface area contributed by atoms with Gasteiger partial charge in [0.2, 0.25) is 0 Å². The fourth-order valence-corrected chi connectivity index (χ4v) is 41.4. The Morgan fingerprint density at radius 3 is 1.35 bits per heavy atom. The van der Waals surface area contributed by atoms with Crippen LogP contribution in [0.3, 0.4) is 0 Å². The Morgan fingerprint density at radius 1 is 0.562 bits per heavy atom. The molecule has 0 nitrogen and oxygen atoms in total. The SMILES string of the molecule is CC1=Cc2c(-c3ccc(C(C)(C)C)cc3)cccc2[CH]1[Zr]([CH3])([CH3])([CH3])([CH3])([SiH3])[CH]1C(C(C)C)=Cc2c(-c3ccc(C(C)(C)C)cc3)cccc21. The van der Waals surface area contributed by atoms with Gasteiger partial charge in [-0.15, -0.1) is 0 Å². The molecule has 0 heterocycles. The molecule has 0 aromatic heterocycles. The van der Waals surface area contributed by atoms with Crippen LogP contribution in [0.15, 0.2) is 96.1 Å². The number of hydrogen-bond acceptors (Lipinski definition) is 0. The van der Waals surface area contributed by atoms with Crippen LogP contribution < -0.4 is 0 Å². The fraction of sp³-hybridized carbons (Fsp3) is 0.391. The average molecular weight is 733 g/mol. The first-order valence-electron chi connectivity index (χ1n) is 18.5. The van der Waals surface area contributed by atoms with Crippen LogP contribution in [0, 0.1) is 5.92 Å². The van der Waals surface area contributed by atoms with Crippen LogP contribution in [0.2, 0.25) is 18.5 Å². The molecular weight excluding hydrogens is 672 g/mol. The molecule has 6 rings (SSSR count). The molecule has 0 N–H and O–H groups in total. The maximum atomic E-state index is 2.84. The molecule has 2 aliphatic carbocycles. The van der Waals surface area contributed by atoms with Crippen molar-refractivity contribution in [2.75, 3.05) is 0 Å². The second-order valence-corrected chi connectivity index (χ2v) is 95.8. The van der Waals surface area contributed by atoms with E-state index in [1.807, 2.05) is 0 Å².